The zero-order valence-corrected chi connectivity index (χ0v) is 14.1. The zero-order chi connectivity index (χ0) is 15.0. The first-order chi connectivity index (χ1) is 9.50. The first kappa shape index (κ1) is 17.9. The van der Waals surface area contributed by atoms with Crippen LogP contribution in [0.25, 0.3) is 0 Å². The molecule has 2 atom stereocenters. The molecule has 1 heterocycles. The van der Waals surface area contributed by atoms with Crippen LogP contribution in [0.2, 0.25) is 0 Å². The summed E-state index contributed by atoms with van der Waals surface area (Å²) in [5, 5.41) is 12.9. The Hall–Kier alpha value is -0.120. The molecule has 2 N–H and O–H groups in total. The van der Waals surface area contributed by atoms with Crippen LogP contribution in [-0.2, 0) is 0 Å². The fourth-order valence-electron chi connectivity index (χ4n) is 3.51. The van der Waals surface area contributed by atoms with Crippen LogP contribution in [-0.4, -0.2) is 48.3 Å². The molecule has 0 aromatic carbocycles. The molecule has 1 saturated heterocycles. The van der Waals surface area contributed by atoms with Crippen LogP contribution in [0.4, 0.5) is 0 Å². The van der Waals surface area contributed by atoms with Crippen molar-refractivity contribution in [3.63, 3.8) is 0 Å². The number of piperidine rings is 1. The first-order valence-corrected chi connectivity index (χ1v) is 8.59. The Morgan fingerprint density at radius 3 is 2.70 bits per heavy atom. The predicted molar refractivity (Wildman–Crippen MR) is 87.1 cm³/mol. The number of hydrogen-bond donors (Lipinski definition) is 2. The number of nitrogens with zero attached hydrogens (tertiary/aromatic N) is 1. The summed E-state index contributed by atoms with van der Waals surface area (Å²) in [5.41, 5.74) is 0.351. The maximum absolute atomic E-state index is 9.28. The molecule has 0 spiro atoms. The third kappa shape index (κ3) is 6.11. The van der Waals surface area contributed by atoms with Crippen molar-refractivity contribution in [1.29, 1.82) is 0 Å². The third-order valence-electron chi connectivity index (χ3n) is 4.59. The number of aliphatic hydroxyl groups excluding tert-OH is 1. The maximum atomic E-state index is 9.28. The van der Waals surface area contributed by atoms with Crippen LogP contribution >= 0.6 is 0 Å². The van der Waals surface area contributed by atoms with E-state index in [4.69, 9.17) is 0 Å². The Morgan fingerprint density at radius 1 is 1.35 bits per heavy atom. The van der Waals surface area contributed by atoms with Crippen molar-refractivity contribution >= 4 is 0 Å². The van der Waals surface area contributed by atoms with Crippen molar-refractivity contribution in [2.45, 2.75) is 78.3 Å². The van der Waals surface area contributed by atoms with Gasteiger partial charge >= 0.3 is 0 Å². The summed E-state index contributed by atoms with van der Waals surface area (Å²) < 4.78 is 0. The minimum absolute atomic E-state index is 0.329. The molecule has 3 heteroatoms. The van der Waals surface area contributed by atoms with Gasteiger partial charge in [-0.1, -0.05) is 40.5 Å². The molecular weight excluding hydrogens is 248 g/mol. The lowest BCUT2D eigenvalue weighted by Crippen LogP contribution is -2.49. The van der Waals surface area contributed by atoms with E-state index in [1.165, 1.54) is 45.2 Å². The van der Waals surface area contributed by atoms with E-state index in [2.05, 4.69) is 37.9 Å². The normalized spacial score (nSPS) is 24.0. The molecule has 1 fully saturated rings. The minimum Gasteiger partial charge on any atom is -0.396 e. The summed E-state index contributed by atoms with van der Waals surface area (Å²) >= 11 is 0. The summed E-state index contributed by atoms with van der Waals surface area (Å²) in [6.45, 7) is 13.0. The van der Waals surface area contributed by atoms with Gasteiger partial charge in [-0.15, -0.1) is 0 Å². The smallest absolute Gasteiger partial charge is 0.0445 e. The summed E-state index contributed by atoms with van der Waals surface area (Å²) in [4.78, 5) is 2.65. The summed E-state index contributed by atoms with van der Waals surface area (Å²) in [6, 6.07) is 1.16. The molecule has 0 amide bonds. The quantitative estimate of drug-likeness (QED) is 0.683. The largest absolute Gasteiger partial charge is 0.396 e. The molecule has 0 aromatic rings. The van der Waals surface area contributed by atoms with E-state index in [9.17, 15) is 5.11 Å². The first-order valence-electron chi connectivity index (χ1n) is 8.59. The van der Waals surface area contributed by atoms with Gasteiger partial charge in [-0.25, -0.2) is 0 Å². The van der Waals surface area contributed by atoms with E-state index in [1.807, 2.05) is 0 Å². The van der Waals surface area contributed by atoms with Crippen LogP contribution in [0.1, 0.15) is 66.2 Å². The van der Waals surface area contributed by atoms with E-state index < -0.39 is 0 Å². The number of hydrogen-bond acceptors (Lipinski definition) is 3. The van der Waals surface area contributed by atoms with Crippen molar-refractivity contribution < 1.29 is 5.11 Å². The Kier molecular flexibility index (Phi) is 8.08. The second-order valence-electron chi connectivity index (χ2n) is 7.23. The Morgan fingerprint density at radius 2 is 2.10 bits per heavy atom. The number of aliphatic hydroxyl groups is 1. The van der Waals surface area contributed by atoms with Crippen LogP contribution in [0.3, 0.4) is 0 Å². The predicted octanol–water partition coefficient (Wildman–Crippen LogP) is 3.03. The number of rotatable bonds is 9. The SMILES string of the molecule is CCCC(C)(CNC(C)C)CN1CCCCC1CCO. The number of likely N-dealkylation sites (tertiary alicyclic amines) is 1. The van der Waals surface area contributed by atoms with E-state index in [0.29, 0.717) is 24.1 Å². The molecule has 0 aromatic heterocycles. The molecule has 0 radical (unpaired) electrons. The molecule has 120 valence electrons. The van der Waals surface area contributed by atoms with Crippen LogP contribution in [0.5, 0.6) is 0 Å². The van der Waals surface area contributed by atoms with Gasteiger partial charge in [0.25, 0.3) is 0 Å². The third-order valence-corrected chi connectivity index (χ3v) is 4.59. The van der Waals surface area contributed by atoms with Gasteiger partial charge in [0.2, 0.25) is 0 Å². The minimum atomic E-state index is 0.329. The highest BCUT2D eigenvalue weighted by Gasteiger charge is 2.30. The van der Waals surface area contributed by atoms with Gasteiger partial charge < -0.3 is 10.4 Å². The summed E-state index contributed by atoms with van der Waals surface area (Å²) in [5.74, 6) is 0. The molecule has 1 rings (SSSR count). The van der Waals surface area contributed by atoms with Crippen molar-refractivity contribution in [2.24, 2.45) is 5.41 Å². The van der Waals surface area contributed by atoms with Gasteiger partial charge in [-0.05, 0) is 37.6 Å². The lowest BCUT2D eigenvalue weighted by Gasteiger charge is -2.42. The topological polar surface area (TPSA) is 35.5 Å². The van der Waals surface area contributed by atoms with Gasteiger partial charge in [0.05, 0.1) is 0 Å². The molecule has 0 bridgehead atoms. The monoisotopic (exact) mass is 284 g/mol. The summed E-state index contributed by atoms with van der Waals surface area (Å²) in [6.07, 6.45) is 7.38. The molecule has 3 nitrogen and oxygen atoms in total. The van der Waals surface area contributed by atoms with Crippen LogP contribution < -0.4 is 5.32 Å². The van der Waals surface area contributed by atoms with Crippen molar-refractivity contribution in [3.8, 4) is 0 Å². The molecule has 0 saturated carbocycles. The van der Waals surface area contributed by atoms with Crippen LogP contribution in [0.15, 0.2) is 0 Å². The van der Waals surface area contributed by atoms with Gasteiger partial charge in [0, 0.05) is 31.8 Å². The Bertz CT molecular complexity index is 255. The molecule has 1 aliphatic heterocycles. The molecule has 20 heavy (non-hydrogen) atoms. The molecular formula is C17H36N2O. The van der Waals surface area contributed by atoms with Crippen molar-refractivity contribution in [2.75, 3.05) is 26.2 Å². The highest BCUT2D eigenvalue weighted by atomic mass is 16.3. The fourth-order valence-corrected chi connectivity index (χ4v) is 3.51. The Balaban J connectivity index is 2.61. The maximum Gasteiger partial charge on any atom is 0.0445 e. The van der Waals surface area contributed by atoms with E-state index in [1.54, 1.807) is 0 Å². The highest BCUT2D eigenvalue weighted by molar-refractivity contribution is 4.86. The molecule has 1 aliphatic rings. The van der Waals surface area contributed by atoms with Gasteiger partial charge in [0.15, 0.2) is 0 Å². The van der Waals surface area contributed by atoms with E-state index >= 15 is 0 Å². The Labute approximate surface area is 126 Å². The van der Waals surface area contributed by atoms with Crippen molar-refractivity contribution in [1.82, 2.24) is 10.2 Å². The highest BCUT2D eigenvalue weighted by Crippen LogP contribution is 2.29. The molecule has 2 unspecified atom stereocenters. The summed E-state index contributed by atoms with van der Waals surface area (Å²) in [7, 11) is 0. The lowest BCUT2D eigenvalue weighted by atomic mass is 9.83. The van der Waals surface area contributed by atoms with Gasteiger partial charge in [-0.3, -0.25) is 4.90 Å². The average molecular weight is 284 g/mol. The van der Waals surface area contributed by atoms with E-state index in [-0.39, 0.29) is 0 Å². The van der Waals surface area contributed by atoms with Gasteiger partial charge in [-0.2, -0.15) is 0 Å². The molecule has 0 aliphatic carbocycles. The average Bonchev–Trinajstić information content (AvgIpc) is 2.39. The van der Waals surface area contributed by atoms with Crippen molar-refractivity contribution in [3.05, 3.63) is 0 Å². The zero-order valence-electron chi connectivity index (χ0n) is 14.1. The standard InChI is InChI=1S/C17H36N2O/c1-5-10-17(4,13-18-15(2)3)14-19-11-7-6-8-16(19)9-12-20/h15-16,18,20H,5-14H2,1-4H3. The lowest BCUT2D eigenvalue weighted by molar-refractivity contribution is 0.0667. The van der Waals surface area contributed by atoms with Crippen LogP contribution in [0, 0.1) is 5.41 Å². The van der Waals surface area contributed by atoms with E-state index in [0.717, 1.165) is 13.0 Å². The fraction of sp³-hybridized carbons (Fsp3) is 1.00. The second kappa shape index (κ2) is 9.01. The second-order valence-corrected chi connectivity index (χ2v) is 7.23. The number of nitrogens with one attached hydrogen (secondary N) is 1. The van der Waals surface area contributed by atoms with Gasteiger partial charge in [0.1, 0.15) is 0 Å².